The zero-order chi connectivity index (χ0) is 15.7. The fraction of sp³-hybridized carbons (Fsp3) is 0.385. The lowest BCUT2D eigenvalue weighted by atomic mass is 10.1. The fourth-order valence-electron chi connectivity index (χ4n) is 1.70. The third-order valence-corrected chi connectivity index (χ3v) is 2.76. The summed E-state index contributed by atoms with van der Waals surface area (Å²) in [6.07, 6.45) is 1.86. The summed E-state index contributed by atoms with van der Waals surface area (Å²) in [5, 5.41) is 14.5. The molecule has 0 saturated carbocycles. The second-order valence-corrected chi connectivity index (χ2v) is 4.27. The van der Waals surface area contributed by atoms with E-state index in [1.807, 2.05) is 6.92 Å². The van der Waals surface area contributed by atoms with Crippen molar-refractivity contribution in [1.82, 2.24) is 5.32 Å². The van der Waals surface area contributed by atoms with Crippen LogP contribution in [0.25, 0.3) is 10.4 Å². The number of aliphatic carboxylic acids is 1. The second kappa shape index (κ2) is 8.44. The summed E-state index contributed by atoms with van der Waals surface area (Å²) in [6.45, 7) is 1.93. The number of carboxylic acid groups (broad SMARTS) is 1. The molecule has 1 aromatic rings. The molecule has 0 aliphatic heterocycles. The summed E-state index contributed by atoms with van der Waals surface area (Å²) >= 11 is 0. The zero-order valence-electron chi connectivity index (χ0n) is 11.5. The Morgan fingerprint density at radius 1 is 1.48 bits per heavy atom. The predicted molar refractivity (Wildman–Crippen MR) is 74.6 cm³/mol. The third-order valence-electron chi connectivity index (χ3n) is 2.76. The summed E-state index contributed by atoms with van der Waals surface area (Å²) in [5.41, 5.74) is 8.33. The van der Waals surface area contributed by atoms with Gasteiger partial charge >= 0.3 is 5.97 Å². The monoisotopic (exact) mass is 292 g/mol. The van der Waals surface area contributed by atoms with Crippen LogP contribution < -0.4 is 10.2 Å². The van der Waals surface area contributed by atoms with Crippen LogP contribution in [0, 0.1) is 0 Å². The smallest absolute Gasteiger partial charge is 0.326 e. The van der Waals surface area contributed by atoms with Gasteiger partial charge in [-0.05, 0) is 24.1 Å². The number of azide groups is 1. The Hall–Kier alpha value is -2.73. The van der Waals surface area contributed by atoms with Gasteiger partial charge in [0.15, 0.2) is 0 Å². The lowest BCUT2D eigenvalue weighted by Crippen LogP contribution is -2.40. The van der Waals surface area contributed by atoms with E-state index < -0.39 is 17.9 Å². The number of hydrogen-bond acceptors (Lipinski definition) is 4. The first-order valence-electron chi connectivity index (χ1n) is 6.44. The molecular formula is C13H16N4O4. The highest BCUT2D eigenvalue weighted by atomic mass is 16.6. The minimum Gasteiger partial charge on any atom is -0.480 e. The summed E-state index contributed by atoms with van der Waals surface area (Å²) in [7, 11) is 0. The molecule has 1 unspecified atom stereocenters. The summed E-state index contributed by atoms with van der Waals surface area (Å²) < 4.78 is 0. The number of nitrogens with one attached hydrogen (secondary N) is 1. The molecule has 8 nitrogen and oxygen atoms in total. The number of rotatable bonds is 8. The van der Waals surface area contributed by atoms with Gasteiger partial charge in [0, 0.05) is 4.91 Å². The predicted octanol–water partition coefficient (Wildman–Crippen LogP) is 2.66. The van der Waals surface area contributed by atoms with Gasteiger partial charge < -0.3 is 15.3 Å². The fourth-order valence-corrected chi connectivity index (χ4v) is 1.70. The van der Waals surface area contributed by atoms with E-state index in [0.717, 1.165) is 6.42 Å². The highest BCUT2D eigenvalue weighted by molar-refractivity contribution is 5.98. The number of hydrogen-bond donors (Lipinski definition) is 2. The Labute approximate surface area is 121 Å². The number of unbranched alkanes of at least 4 members (excludes halogenated alkanes) is 1. The topological polar surface area (TPSA) is 124 Å². The van der Waals surface area contributed by atoms with Crippen molar-refractivity contribution in [3.63, 3.8) is 0 Å². The van der Waals surface area contributed by atoms with Crippen LogP contribution in [0.3, 0.4) is 0 Å². The first-order valence-corrected chi connectivity index (χ1v) is 6.44. The molecule has 0 aromatic heterocycles. The molecular weight excluding hydrogens is 276 g/mol. The maximum absolute atomic E-state index is 12.1. The molecule has 0 heterocycles. The minimum atomic E-state index is -1.09. The molecule has 1 atom stereocenters. The number of nitrogens with zero attached hydrogens (tertiary/aromatic N) is 3. The van der Waals surface area contributed by atoms with E-state index in [1.165, 1.54) is 12.1 Å². The number of benzene rings is 1. The van der Waals surface area contributed by atoms with Crippen LogP contribution >= 0.6 is 0 Å². The summed E-state index contributed by atoms with van der Waals surface area (Å²) in [4.78, 5) is 30.4. The Bertz CT molecular complexity index is 555. The van der Waals surface area contributed by atoms with Crippen LogP contribution in [0.2, 0.25) is 0 Å². The molecule has 1 rings (SSSR count). The largest absolute Gasteiger partial charge is 0.480 e. The van der Waals surface area contributed by atoms with Crippen LogP contribution in [0.5, 0.6) is 5.75 Å². The van der Waals surface area contributed by atoms with Crippen molar-refractivity contribution in [2.24, 2.45) is 5.28 Å². The maximum atomic E-state index is 12.1. The molecule has 1 aromatic carbocycles. The van der Waals surface area contributed by atoms with Crippen LogP contribution in [0.15, 0.2) is 29.5 Å². The first-order chi connectivity index (χ1) is 10.1. The van der Waals surface area contributed by atoms with Crippen LogP contribution in [0.1, 0.15) is 36.5 Å². The SMILES string of the molecule is CCCCC(NC(=O)c1ccccc1ON=[N+]=[N-])C(=O)O. The molecule has 0 bridgehead atoms. The molecule has 112 valence electrons. The molecule has 2 N–H and O–H groups in total. The molecule has 1 amide bonds. The number of carboxylic acids is 1. The maximum Gasteiger partial charge on any atom is 0.326 e. The van der Waals surface area contributed by atoms with Gasteiger partial charge in [-0.15, -0.1) is 0 Å². The molecule has 0 fully saturated rings. The number of para-hydroxylation sites is 1. The molecule has 8 heteroatoms. The Morgan fingerprint density at radius 3 is 2.81 bits per heavy atom. The van der Waals surface area contributed by atoms with E-state index >= 15 is 0 Å². The van der Waals surface area contributed by atoms with Gasteiger partial charge in [0.2, 0.25) is 0 Å². The van der Waals surface area contributed by atoms with Crippen molar-refractivity contribution in [3.05, 3.63) is 40.3 Å². The summed E-state index contributed by atoms with van der Waals surface area (Å²) in [6, 6.07) is 5.14. The van der Waals surface area contributed by atoms with Gasteiger partial charge in [0.05, 0.1) is 5.56 Å². The zero-order valence-corrected chi connectivity index (χ0v) is 11.5. The summed E-state index contributed by atoms with van der Waals surface area (Å²) in [5.74, 6) is -1.63. The van der Waals surface area contributed by atoms with E-state index in [4.69, 9.17) is 15.5 Å². The Kier molecular flexibility index (Phi) is 6.56. The number of amides is 1. The molecule has 0 radical (unpaired) electrons. The molecule has 0 spiro atoms. The average Bonchev–Trinajstić information content (AvgIpc) is 2.49. The molecule has 21 heavy (non-hydrogen) atoms. The lowest BCUT2D eigenvalue weighted by molar-refractivity contribution is -0.139. The minimum absolute atomic E-state index is 0.0624. The van der Waals surface area contributed by atoms with E-state index in [-0.39, 0.29) is 11.3 Å². The van der Waals surface area contributed by atoms with Gasteiger partial charge in [-0.2, -0.15) is 0 Å². The second-order valence-electron chi connectivity index (χ2n) is 4.27. The molecule has 0 saturated heterocycles. The quantitative estimate of drug-likeness (QED) is 0.330. The Balaban J connectivity index is 2.86. The number of carbonyl (C=O) groups is 2. The van der Waals surface area contributed by atoms with Crippen LogP contribution in [-0.2, 0) is 4.79 Å². The van der Waals surface area contributed by atoms with Gasteiger partial charge in [0.25, 0.3) is 5.91 Å². The van der Waals surface area contributed by atoms with Gasteiger partial charge in [-0.1, -0.05) is 31.9 Å². The Morgan fingerprint density at radius 2 is 2.19 bits per heavy atom. The van der Waals surface area contributed by atoms with Crippen LogP contribution in [0.4, 0.5) is 0 Å². The molecule has 0 aliphatic rings. The standard InChI is InChI=1S/C13H16N4O4/c1-2-3-7-10(13(19)20)15-12(18)9-6-4-5-8-11(9)21-17-16-14/h4-6,8,10H,2-3,7H2,1H3,(H,15,18)(H,19,20). The normalized spacial score (nSPS) is 11.1. The van der Waals surface area contributed by atoms with Crippen molar-refractivity contribution in [3.8, 4) is 5.75 Å². The highest BCUT2D eigenvalue weighted by Crippen LogP contribution is 2.18. The van der Waals surface area contributed by atoms with E-state index in [2.05, 4.69) is 15.5 Å². The van der Waals surface area contributed by atoms with Gasteiger partial charge in [-0.3, -0.25) is 4.79 Å². The van der Waals surface area contributed by atoms with E-state index in [9.17, 15) is 9.59 Å². The van der Waals surface area contributed by atoms with Crippen molar-refractivity contribution in [1.29, 1.82) is 0 Å². The third kappa shape index (κ3) is 5.04. The average molecular weight is 292 g/mol. The van der Waals surface area contributed by atoms with E-state index in [0.29, 0.717) is 12.8 Å². The first kappa shape index (κ1) is 16.3. The van der Waals surface area contributed by atoms with Gasteiger partial charge in [0.1, 0.15) is 17.1 Å². The molecule has 0 aliphatic carbocycles. The van der Waals surface area contributed by atoms with Crippen molar-refractivity contribution in [2.45, 2.75) is 32.2 Å². The van der Waals surface area contributed by atoms with Crippen molar-refractivity contribution < 1.29 is 19.5 Å². The van der Waals surface area contributed by atoms with Crippen LogP contribution in [-0.4, -0.2) is 23.0 Å². The highest BCUT2D eigenvalue weighted by Gasteiger charge is 2.21. The number of carbonyl (C=O) groups excluding carboxylic acids is 1. The van der Waals surface area contributed by atoms with E-state index in [1.54, 1.807) is 12.1 Å². The van der Waals surface area contributed by atoms with Crippen molar-refractivity contribution >= 4 is 11.9 Å². The van der Waals surface area contributed by atoms with Gasteiger partial charge in [-0.25, -0.2) is 4.79 Å². The van der Waals surface area contributed by atoms with Crippen molar-refractivity contribution in [2.75, 3.05) is 0 Å². The lowest BCUT2D eigenvalue weighted by Gasteiger charge is -2.15.